The Labute approximate surface area is 97.4 Å². The fourth-order valence-corrected chi connectivity index (χ4v) is 1.54. The molecule has 2 unspecified atom stereocenters. The first-order valence-electron chi connectivity index (χ1n) is 5.85. The average molecular weight is 232 g/mol. The molecule has 0 aliphatic heterocycles. The SMILES string of the molecule is CCN(CC)CC(C)NCC(O)CC(=O)O. The van der Waals surface area contributed by atoms with Gasteiger partial charge in [-0.25, -0.2) is 0 Å². The lowest BCUT2D eigenvalue weighted by molar-refractivity contribution is -0.139. The number of rotatable bonds is 9. The molecule has 0 amide bonds. The molecule has 0 aromatic rings. The lowest BCUT2D eigenvalue weighted by atomic mass is 10.2. The largest absolute Gasteiger partial charge is 0.481 e. The van der Waals surface area contributed by atoms with E-state index in [1.54, 1.807) is 0 Å². The van der Waals surface area contributed by atoms with Crippen molar-refractivity contribution in [3.05, 3.63) is 0 Å². The van der Waals surface area contributed by atoms with Crippen LogP contribution < -0.4 is 5.32 Å². The van der Waals surface area contributed by atoms with Crippen molar-refractivity contribution in [2.45, 2.75) is 39.3 Å². The predicted octanol–water partition coefficient (Wildman–Crippen LogP) is 0.142. The maximum atomic E-state index is 10.3. The molecule has 0 spiro atoms. The van der Waals surface area contributed by atoms with Gasteiger partial charge in [0, 0.05) is 19.1 Å². The van der Waals surface area contributed by atoms with E-state index in [4.69, 9.17) is 5.11 Å². The second kappa shape index (κ2) is 8.50. The van der Waals surface area contributed by atoms with Gasteiger partial charge in [0.2, 0.25) is 0 Å². The first-order chi connectivity index (χ1) is 7.49. The summed E-state index contributed by atoms with van der Waals surface area (Å²) >= 11 is 0. The van der Waals surface area contributed by atoms with E-state index in [2.05, 4.69) is 24.1 Å². The molecule has 0 aliphatic rings. The number of nitrogens with zero attached hydrogens (tertiary/aromatic N) is 1. The van der Waals surface area contributed by atoms with Gasteiger partial charge < -0.3 is 20.4 Å². The van der Waals surface area contributed by atoms with Gasteiger partial charge in [-0.2, -0.15) is 0 Å². The molecule has 0 fully saturated rings. The van der Waals surface area contributed by atoms with Crippen molar-refractivity contribution in [2.24, 2.45) is 0 Å². The Morgan fingerprint density at radius 2 is 1.94 bits per heavy atom. The number of carboxylic acids is 1. The molecule has 0 heterocycles. The van der Waals surface area contributed by atoms with Crippen molar-refractivity contribution in [1.29, 1.82) is 0 Å². The zero-order valence-corrected chi connectivity index (χ0v) is 10.4. The summed E-state index contributed by atoms with van der Waals surface area (Å²) in [6.07, 6.45) is -1.01. The molecule has 0 rings (SSSR count). The maximum Gasteiger partial charge on any atom is 0.306 e. The maximum absolute atomic E-state index is 10.3. The van der Waals surface area contributed by atoms with Crippen LogP contribution in [0.25, 0.3) is 0 Å². The number of hydrogen-bond donors (Lipinski definition) is 3. The second-order valence-electron chi connectivity index (χ2n) is 4.05. The van der Waals surface area contributed by atoms with Crippen LogP contribution in [0.5, 0.6) is 0 Å². The first kappa shape index (κ1) is 15.3. The van der Waals surface area contributed by atoms with E-state index in [0.29, 0.717) is 6.54 Å². The van der Waals surface area contributed by atoms with Gasteiger partial charge in [0.25, 0.3) is 0 Å². The third kappa shape index (κ3) is 7.62. The molecule has 3 N–H and O–H groups in total. The Kier molecular flexibility index (Phi) is 8.15. The lowest BCUT2D eigenvalue weighted by Crippen LogP contribution is -2.42. The molecular weight excluding hydrogens is 208 g/mol. The van der Waals surface area contributed by atoms with E-state index >= 15 is 0 Å². The van der Waals surface area contributed by atoms with Crippen LogP contribution in [0.2, 0.25) is 0 Å². The number of aliphatic carboxylic acids is 1. The Hall–Kier alpha value is -0.650. The molecule has 0 aromatic carbocycles. The Balaban J connectivity index is 3.71. The molecule has 5 heteroatoms. The van der Waals surface area contributed by atoms with Gasteiger partial charge in [-0.3, -0.25) is 4.79 Å². The van der Waals surface area contributed by atoms with Gasteiger partial charge in [-0.1, -0.05) is 13.8 Å². The lowest BCUT2D eigenvalue weighted by Gasteiger charge is -2.24. The Bertz CT molecular complexity index is 196. The third-order valence-electron chi connectivity index (χ3n) is 2.54. The number of likely N-dealkylation sites (N-methyl/N-ethyl adjacent to an activating group) is 1. The Morgan fingerprint density at radius 3 is 2.38 bits per heavy atom. The molecule has 0 aliphatic carbocycles. The third-order valence-corrected chi connectivity index (χ3v) is 2.54. The number of aliphatic hydroxyl groups excluding tert-OH is 1. The number of hydrogen-bond acceptors (Lipinski definition) is 4. The monoisotopic (exact) mass is 232 g/mol. The normalized spacial score (nSPS) is 15.1. The highest BCUT2D eigenvalue weighted by molar-refractivity contribution is 5.67. The van der Waals surface area contributed by atoms with Gasteiger partial charge >= 0.3 is 5.97 Å². The van der Waals surface area contributed by atoms with Crippen LogP contribution in [0.15, 0.2) is 0 Å². The fourth-order valence-electron chi connectivity index (χ4n) is 1.54. The first-order valence-corrected chi connectivity index (χ1v) is 5.85. The smallest absolute Gasteiger partial charge is 0.306 e. The summed E-state index contributed by atoms with van der Waals surface area (Å²) in [6.45, 7) is 9.48. The molecular formula is C11H24N2O3. The van der Waals surface area contributed by atoms with Crippen molar-refractivity contribution < 1.29 is 15.0 Å². The summed E-state index contributed by atoms with van der Waals surface area (Å²) in [4.78, 5) is 12.6. The molecule has 2 atom stereocenters. The van der Waals surface area contributed by atoms with Crippen LogP contribution in [0.3, 0.4) is 0 Å². The van der Waals surface area contributed by atoms with E-state index in [9.17, 15) is 9.90 Å². The molecule has 5 nitrogen and oxygen atoms in total. The molecule has 16 heavy (non-hydrogen) atoms. The number of carboxylic acid groups (broad SMARTS) is 1. The van der Waals surface area contributed by atoms with Crippen LogP contribution in [0.4, 0.5) is 0 Å². The highest BCUT2D eigenvalue weighted by atomic mass is 16.4. The number of nitrogens with one attached hydrogen (secondary N) is 1. The molecule has 0 saturated heterocycles. The van der Waals surface area contributed by atoms with E-state index in [-0.39, 0.29) is 12.5 Å². The summed E-state index contributed by atoms with van der Waals surface area (Å²) in [6, 6.07) is 0.253. The van der Waals surface area contributed by atoms with Gasteiger partial charge in [-0.15, -0.1) is 0 Å². The molecule has 0 saturated carbocycles. The van der Waals surface area contributed by atoms with Crippen LogP contribution in [-0.4, -0.2) is 59.4 Å². The summed E-state index contributed by atoms with van der Waals surface area (Å²) < 4.78 is 0. The second-order valence-corrected chi connectivity index (χ2v) is 4.05. The minimum Gasteiger partial charge on any atom is -0.481 e. The Morgan fingerprint density at radius 1 is 1.38 bits per heavy atom. The van der Waals surface area contributed by atoms with Crippen molar-refractivity contribution in [3.8, 4) is 0 Å². The quantitative estimate of drug-likeness (QED) is 0.527. The minimum atomic E-state index is -0.967. The van der Waals surface area contributed by atoms with Crippen LogP contribution in [0, 0.1) is 0 Å². The van der Waals surface area contributed by atoms with Crippen molar-refractivity contribution >= 4 is 5.97 Å². The zero-order valence-electron chi connectivity index (χ0n) is 10.4. The number of aliphatic hydroxyl groups is 1. The summed E-state index contributed by atoms with van der Waals surface area (Å²) in [5.74, 6) is -0.967. The van der Waals surface area contributed by atoms with E-state index in [0.717, 1.165) is 19.6 Å². The molecule has 0 radical (unpaired) electrons. The zero-order chi connectivity index (χ0) is 12.6. The van der Waals surface area contributed by atoms with E-state index in [1.165, 1.54) is 0 Å². The van der Waals surface area contributed by atoms with Crippen molar-refractivity contribution in [1.82, 2.24) is 10.2 Å². The van der Waals surface area contributed by atoms with E-state index in [1.807, 2.05) is 6.92 Å². The highest BCUT2D eigenvalue weighted by Crippen LogP contribution is 1.94. The summed E-state index contributed by atoms with van der Waals surface area (Å²) in [5.41, 5.74) is 0. The molecule has 0 aromatic heterocycles. The molecule has 96 valence electrons. The summed E-state index contributed by atoms with van der Waals surface area (Å²) in [5, 5.41) is 21.0. The predicted molar refractivity (Wildman–Crippen MR) is 63.5 cm³/mol. The van der Waals surface area contributed by atoms with Gasteiger partial charge in [-0.05, 0) is 20.0 Å². The highest BCUT2D eigenvalue weighted by Gasteiger charge is 2.12. The topological polar surface area (TPSA) is 72.8 Å². The van der Waals surface area contributed by atoms with Crippen molar-refractivity contribution in [3.63, 3.8) is 0 Å². The average Bonchev–Trinajstić information content (AvgIpc) is 2.22. The standard InChI is InChI=1S/C11H24N2O3/c1-4-13(5-2)8-9(3)12-7-10(14)6-11(15)16/h9-10,12,14H,4-8H2,1-3H3,(H,15,16). The number of carbonyl (C=O) groups is 1. The van der Waals surface area contributed by atoms with Crippen LogP contribution >= 0.6 is 0 Å². The van der Waals surface area contributed by atoms with Crippen LogP contribution in [-0.2, 0) is 4.79 Å². The minimum absolute atomic E-state index is 0.203. The molecule has 0 bridgehead atoms. The van der Waals surface area contributed by atoms with Gasteiger partial charge in [0.15, 0.2) is 0 Å². The van der Waals surface area contributed by atoms with Crippen LogP contribution in [0.1, 0.15) is 27.2 Å². The fraction of sp³-hybridized carbons (Fsp3) is 0.909. The van der Waals surface area contributed by atoms with Crippen molar-refractivity contribution in [2.75, 3.05) is 26.2 Å². The summed E-state index contributed by atoms with van der Waals surface area (Å²) in [7, 11) is 0. The van der Waals surface area contributed by atoms with Gasteiger partial charge in [0.1, 0.15) is 0 Å². The van der Waals surface area contributed by atoms with E-state index < -0.39 is 12.1 Å². The van der Waals surface area contributed by atoms with Gasteiger partial charge in [0.05, 0.1) is 12.5 Å².